The van der Waals surface area contributed by atoms with E-state index in [0.717, 1.165) is 44.9 Å². The Morgan fingerprint density at radius 1 is 1.07 bits per heavy atom. The van der Waals surface area contributed by atoms with Crippen LogP contribution >= 0.6 is 0 Å². The number of hydrogen-bond donors (Lipinski definition) is 5. The third-order valence-electron chi connectivity index (χ3n) is 12.7. The molecule has 0 heterocycles. The van der Waals surface area contributed by atoms with Crippen molar-refractivity contribution in [1.29, 1.82) is 0 Å². The molecule has 0 spiro atoms. The first kappa shape index (κ1) is 35.0. The van der Waals surface area contributed by atoms with E-state index in [1.54, 1.807) is 0 Å². The normalized spacial score (nSPS) is 41.1. The number of nitrogens with one attached hydrogen (secondary N) is 1. The molecule has 2 unspecified atom stereocenters. The van der Waals surface area contributed by atoms with Gasteiger partial charge in [-0.1, -0.05) is 20.8 Å². The Morgan fingerprint density at radius 3 is 2.44 bits per heavy atom. The van der Waals surface area contributed by atoms with Crippen LogP contribution in [0.2, 0.25) is 0 Å². The van der Waals surface area contributed by atoms with E-state index >= 15 is 0 Å². The molecule has 0 aromatic rings. The third-order valence-corrected chi connectivity index (χ3v) is 13.5. The Hall–Kier alpha value is -0.820. The van der Waals surface area contributed by atoms with Crippen molar-refractivity contribution in [2.75, 3.05) is 39.5 Å². The van der Waals surface area contributed by atoms with E-state index in [9.17, 15) is 38.2 Å². The first-order valence-electron chi connectivity index (χ1n) is 16.6. The summed E-state index contributed by atoms with van der Waals surface area (Å²) >= 11 is 0. The van der Waals surface area contributed by atoms with Gasteiger partial charge in [0.25, 0.3) is 0 Å². The van der Waals surface area contributed by atoms with Gasteiger partial charge in [-0.2, -0.15) is 0 Å². The maximum absolute atomic E-state index is 12.7. The van der Waals surface area contributed by atoms with E-state index in [0.29, 0.717) is 42.8 Å². The number of carbonyl (C=O) groups is 1. The van der Waals surface area contributed by atoms with Crippen LogP contribution in [0.25, 0.3) is 0 Å². The number of rotatable bonds is 12. The molecule has 0 radical (unpaired) electrons. The van der Waals surface area contributed by atoms with Gasteiger partial charge in [-0.15, -0.1) is 0 Å². The average molecular weight is 631 g/mol. The van der Waals surface area contributed by atoms with Crippen molar-refractivity contribution in [3.63, 3.8) is 0 Å². The number of amides is 1. The molecule has 0 bridgehead atoms. The maximum atomic E-state index is 12.7. The molecule has 4 aliphatic carbocycles. The van der Waals surface area contributed by atoms with Gasteiger partial charge in [-0.25, -0.2) is 8.42 Å². The van der Waals surface area contributed by atoms with Crippen molar-refractivity contribution in [3.05, 3.63) is 0 Å². The Balaban J connectivity index is 1.27. The number of nitrogens with zero attached hydrogens (tertiary/aromatic N) is 1. The first-order valence-corrected chi connectivity index (χ1v) is 18.2. The fraction of sp³-hybridized carbons (Fsp3) is 0.969. The number of aliphatic hydroxyl groups is 4. The van der Waals surface area contributed by atoms with Gasteiger partial charge in [0.05, 0.1) is 54.8 Å². The lowest BCUT2D eigenvalue weighted by Crippen LogP contribution is -2.62. The van der Waals surface area contributed by atoms with E-state index < -0.39 is 34.2 Å². The van der Waals surface area contributed by atoms with Gasteiger partial charge in [-0.05, 0) is 97.7 Å². The quantitative estimate of drug-likeness (QED) is 0.124. The van der Waals surface area contributed by atoms with Crippen molar-refractivity contribution in [2.45, 2.75) is 109 Å². The van der Waals surface area contributed by atoms with Gasteiger partial charge in [-0.3, -0.25) is 4.79 Å². The molecule has 11 heteroatoms. The zero-order valence-corrected chi connectivity index (χ0v) is 27.8. The number of fused-ring (bicyclic) bond motifs is 5. The van der Waals surface area contributed by atoms with Crippen LogP contribution in [0.5, 0.6) is 0 Å². The second-order valence-corrected chi connectivity index (χ2v) is 17.4. The maximum Gasteiger partial charge on any atom is 0.220 e. The van der Waals surface area contributed by atoms with Gasteiger partial charge in [0.15, 0.2) is 0 Å². The molecule has 0 saturated heterocycles. The number of hydrogen-bond acceptors (Lipinski definition) is 8. The molecule has 0 aliphatic heterocycles. The molecule has 0 aromatic heterocycles. The summed E-state index contributed by atoms with van der Waals surface area (Å²) in [5.41, 5.74) is -0.229. The molecule has 4 fully saturated rings. The number of likely N-dealkylation sites (N-methyl/N-ethyl adjacent to an activating group) is 1. The third kappa shape index (κ3) is 7.60. The molecule has 12 atom stereocenters. The summed E-state index contributed by atoms with van der Waals surface area (Å²) in [6.45, 7) is 8.02. The van der Waals surface area contributed by atoms with E-state index in [2.05, 4.69) is 26.1 Å². The highest BCUT2D eigenvalue weighted by Gasteiger charge is 2.65. The van der Waals surface area contributed by atoms with Crippen molar-refractivity contribution in [1.82, 2.24) is 5.32 Å². The lowest BCUT2D eigenvalue weighted by atomic mass is 9.43. The highest BCUT2D eigenvalue weighted by Crippen LogP contribution is 2.68. The van der Waals surface area contributed by atoms with E-state index in [4.69, 9.17) is 0 Å². The van der Waals surface area contributed by atoms with Crippen molar-refractivity contribution in [3.8, 4) is 0 Å². The van der Waals surface area contributed by atoms with E-state index in [1.165, 1.54) is 0 Å². The monoisotopic (exact) mass is 630 g/mol. The van der Waals surface area contributed by atoms with Crippen molar-refractivity contribution >= 4 is 16.0 Å². The zero-order valence-electron chi connectivity index (χ0n) is 27.0. The largest absolute Gasteiger partial charge is 0.748 e. The molecular formula is C32H58N2O8S. The lowest BCUT2D eigenvalue weighted by Gasteiger charge is -2.63. The lowest BCUT2D eigenvalue weighted by molar-refractivity contribution is -0.893. The van der Waals surface area contributed by atoms with Gasteiger partial charge < -0.3 is 34.8 Å². The number of aliphatic hydroxyl groups excluding tert-OH is 4. The zero-order chi connectivity index (χ0) is 32.0. The second-order valence-electron chi connectivity index (χ2n) is 16.0. The molecule has 4 aliphatic rings. The van der Waals surface area contributed by atoms with Crippen LogP contribution in [0.3, 0.4) is 0 Å². The highest BCUT2D eigenvalue weighted by molar-refractivity contribution is 7.85. The van der Waals surface area contributed by atoms with Crippen LogP contribution in [0.4, 0.5) is 0 Å². The summed E-state index contributed by atoms with van der Waals surface area (Å²) in [6, 6.07) is 0. The fourth-order valence-electron chi connectivity index (χ4n) is 10.5. The Morgan fingerprint density at radius 2 is 1.77 bits per heavy atom. The average Bonchev–Trinajstić information content (AvgIpc) is 3.24. The van der Waals surface area contributed by atoms with Crippen LogP contribution in [-0.2, 0) is 14.9 Å². The van der Waals surface area contributed by atoms with Gasteiger partial charge in [0, 0.05) is 19.4 Å². The molecule has 10 nitrogen and oxygen atoms in total. The molecular weight excluding hydrogens is 572 g/mol. The van der Waals surface area contributed by atoms with Crippen molar-refractivity contribution < 1.29 is 42.7 Å². The smallest absolute Gasteiger partial charge is 0.220 e. The Labute approximate surface area is 259 Å². The number of quaternary nitrogens is 1. The Bertz CT molecular complexity index is 1090. The topological polar surface area (TPSA) is 167 Å². The van der Waals surface area contributed by atoms with Crippen LogP contribution < -0.4 is 5.32 Å². The summed E-state index contributed by atoms with van der Waals surface area (Å²) in [4.78, 5) is 12.7. The predicted molar refractivity (Wildman–Crippen MR) is 162 cm³/mol. The summed E-state index contributed by atoms with van der Waals surface area (Å²) in [5.74, 6) is 0.749. The standard InChI is InChI=1S/C32H58N2O8S/c1-20(7-10-29(39)33-13-6-14-34(4,5)18-23(36)19-43(40,41)42)24-8-9-25-30-26(17-28(38)32(24,25)3)31(2)12-11-22(35)15-21(31)16-27(30)37/h20-28,30,35-38H,6-19H2,1-5H3,(H-,33,39,40,41,42)/t20-,21?,22-,23?,24-,25+,26+,27-,28+,30+,31+,32-/m1/s1. The SMILES string of the molecule is C[C@H](CCC(=O)NCCC[N+](C)(C)CC(O)CS(=O)(=O)[O-])[C@H]1CC[C@H]2[C@@H]3[C@H](O)CC4C[C@H](O)CC[C@]4(C)[C@H]3C[C@H](O)[C@]12C. The molecule has 0 aromatic carbocycles. The minimum absolute atomic E-state index is 0.0141. The van der Waals surface area contributed by atoms with Crippen LogP contribution in [0.15, 0.2) is 0 Å². The molecule has 1 amide bonds. The molecule has 5 N–H and O–H groups in total. The predicted octanol–water partition coefficient (Wildman–Crippen LogP) is 1.85. The van der Waals surface area contributed by atoms with E-state index in [-0.39, 0.29) is 59.0 Å². The number of carbonyl (C=O) groups excluding carboxylic acids is 1. The highest BCUT2D eigenvalue weighted by atomic mass is 32.2. The van der Waals surface area contributed by atoms with Crippen LogP contribution in [-0.4, -0.2) is 108 Å². The van der Waals surface area contributed by atoms with E-state index in [1.807, 2.05) is 14.1 Å². The van der Waals surface area contributed by atoms with Crippen molar-refractivity contribution in [2.24, 2.45) is 46.3 Å². The molecule has 4 rings (SSSR count). The van der Waals surface area contributed by atoms with Gasteiger partial charge >= 0.3 is 0 Å². The molecule has 43 heavy (non-hydrogen) atoms. The summed E-state index contributed by atoms with van der Waals surface area (Å²) in [6.07, 6.45) is 5.44. The summed E-state index contributed by atoms with van der Waals surface area (Å²) in [7, 11) is -0.775. The summed E-state index contributed by atoms with van der Waals surface area (Å²) in [5, 5.41) is 46.5. The van der Waals surface area contributed by atoms with Gasteiger partial charge in [0.2, 0.25) is 5.91 Å². The summed E-state index contributed by atoms with van der Waals surface area (Å²) < 4.78 is 33.0. The fourth-order valence-corrected chi connectivity index (χ4v) is 11.0. The minimum atomic E-state index is -4.48. The second kappa shape index (κ2) is 13.1. The first-order chi connectivity index (χ1) is 19.9. The van der Waals surface area contributed by atoms with Gasteiger partial charge in [0.1, 0.15) is 12.6 Å². The molecule has 4 saturated carbocycles. The van der Waals surface area contributed by atoms with Crippen LogP contribution in [0, 0.1) is 46.3 Å². The minimum Gasteiger partial charge on any atom is -0.748 e. The molecule has 250 valence electrons. The van der Waals surface area contributed by atoms with Crippen LogP contribution in [0.1, 0.15) is 85.0 Å². The Kier molecular flexibility index (Phi) is 10.7.